The number of rotatable bonds is 3. The van der Waals surface area contributed by atoms with Gasteiger partial charge in [0.1, 0.15) is 5.54 Å². The molecule has 5 nitrogen and oxygen atoms in total. The molecular weight excluding hydrogens is 296 g/mol. The molecule has 0 N–H and O–H groups in total. The van der Waals surface area contributed by atoms with Crippen molar-refractivity contribution in [3.8, 4) is 0 Å². The Hall–Kier alpha value is -1.01. The van der Waals surface area contributed by atoms with Gasteiger partial charge in [-0.2, -0.15) is 0 Å². The maximum Gasteiger partial charge on any atom is 0.243 e. The molecule has 3 aliphatic rings. The van der Waals surface area contributed by atoms with Gasteiger partial charge in [0, 0.05) is 24.5 Å². The van der Waals surface area contributed by atoms with E-state index >= 15 is 0 Å². The first-order chi connectivity index (χ1) is 10.8. The molecule has 0 aromatic carbocycles. The van der Waals surface area contributed by atoms with E-state index in [9.17, 15) is 4.79 Å². The van der Waals surface area contributed by atoms with E-state index in [-0.39, 0.29) is 5.54 Å². The smallest absolute Gasteiger partial charge is 0.243 e. The van der Waals surface area contributed by atoms with E-state index in [1.54, 1.807) is 0 Å². The average Bonchev–Trinajstić information content (AvgIpc) is 3.26. The summed E-state index contributed by atoms with van der Waals surface area (Å²) in [5, 5.41) is 6.17. The molecule has 1 saturated carbocycles. The zero-order valence-corrected chi connectivity index (χ0v) is 13.9. The Morgan fingerprint density at radius 1 is 1.18 bits per heavy atom. The van der Waals surface area contributed by atoms with Gasteiger partial charge in [-0.15, -0.1) is 5.10 Å². The Morgan fingerprint density at radius 3 is 2.82 bits per heavy atom. The third-order valence-corrected chi connectivity index (χ3v) is 6.38. The largest absolute Gasteiger partial charge is 0.338 e. The number of amides is 1. The van der Waals surface area contributed by atoms with E-state index in [0.29, 0.717) is 11.9 Å². The number of hydrogen-bond donors (Lipinski definition) is 0. The van der Waals surface area contributed by atoms with Crippen molar-refractivity contribution in [3.63, 3.8) is 0 Å². The number of hydrogen-bond acceptors (Lipinski definition) is 5. The molecule has 2 aliphatic heterocycles. The van der Waals surface area contributed by atoms with E-state index in [0.717, 1.165) is 44.6 Å². The van der Waals surface area contributed by atoms with Crippen LogP contribution >= 0.6 is 11.5 Å². The van der Waals surface area contributed by atoms with Gasteiger partial charge >= 0.3 is 0 Å². The number of likely N-dealkylation sites (tertiary alicyclic amines) is 2. The third kappa shape index (κ3) is 2.36. The highest BCUT2D eigenvalue weighted by molar-refractivity contribution is 7.03. The van der Waals surface area contributed by atoms with Crippen LogP contribution in [-0.4, -0.2) is 50.0 Å². The van der Waals surface area contributed by atoms with Crippen LogP contribution in [-0.2, 0) is 11.3 Å². The Balaban J connectivity index is 1.51. The van der Waals surface area contributed by atoms with Gasteiger partial charge in [-0.05, 0) is 50.2 Å². The molecule has 120 valence electrons. The van der Waals surface area contributed by atoms with E-state index < -0.39 is 0 Å². The number of carbonyl (C=O) groups is 1. The standard InChI is InChI=1S/C16H24N4OS/c21-15-16(8-10-20(15)14-5-2-1-3-6-14)7-4-9-19(16)11-13-12-22-18-17-13/h12,14H,1-11H2. The monoisotopic (exact) mass is 320 g/mol. The highest BCUT2D eigenvalue weighted by atomic mass is 32.1. The van der Waals surface area contributed by atoms with Gasteiger partial charge in [0.25, 0.3) is 0 Å². The lowest BCUT2D eigenvalue weighted by Crippen LogP contribution is -2.51. The van der Waals surface area contributed by atoms with Gasteiger partial charge in [-0.1, -0.05) is 23.8 Å². The van der Waals surface area contributed by atoms with Crippen LogP contribution in [0.25, 0.3) is 0 Å². The number of nitrogens with zero attached hydrogens (tertiary/aromatic N) is 4. The maximum atomic E-state index is 13.2. The summed E-state index contributed by atoms with van der Waals surface area (Å²) in [6, 6.07) is 0.504. The van der Waals surface area contributed by atoms with E-state index in [2.05, 4.69) is 19.4 Å². The van der Waals surface area contributed by atoms with Crippen LogP contribution < -0.4 is 0 Å². The Labute approximate surface area is 135 Å². The topological polar surface area (TPSA) is 49.3 Å². The summed E-state index contributed by atoms with van der Waals surface area (Å²) >= 11 is 1.39. The molecule has 1 unspecified atom stereocenters. The Morgan fingerprint density at radius 2 is 2.05 bits per heavy atom. The number of carbonyl (C=O) groups excluding carboxylic acids is 1. The van der Waals surface area contributed by atoms with Gasteiger partial charge < -0.3 is 4.90 Å². The van der Waals surface area contributed by atoms with Crippen molar-refractivity contribution in [1.82, 2.24) is 19.4 Å². The van der Waals surface area contributed by atoms with Gasteiger partial charge in [0.05, 0.1) is 5.69 Å². The van der Waals surface area contributed by atoms with Crippen molar-refractivity contribution >= 4 is 17.4 Å². The predicted molar refractivity (Wildman–Crippen MR) is 85.5 cm³/mol. The van der Waals surface area contributed by atoms with Crippen LogP contribution in [0.3, 0.4) is 0 Å². The third-order valence-electron chi connectivity index (χ3n) is 5.82. The summed E-state index contributed by atoms with van der Waals surface area (Å²) < 4.78 is 3.96. The van der Waals surface area contributed by atoms with Crippen molar-refractivity contribution in [3.05, 3.63) is 11.1 Å². The lowest BCUT2D eigenvalue weighted by Gasteiger charge is -2.36. The molecule has 3 fully saturated rings. The molecule has 6 heteroatoms. The summed E-state index contributed by atoms with van der Waals surface area (Å²) in [6.45, 7) is 2.75. The molecule has 1 aromatic rings. The van der Waals surface area contributed by atoms with Crippen LogP contribution in [0.4, 0.5) is 0 Å². The first kappa shape index (κ1) is 14.6. The molecule has 2 saturated heterocycles. The fraction of sp³-hybridized carbons (Fsp3) is 0.812. The normalized spacial score (nSPS) is 30.7. The van der Waals surface area contributed by atoms with E-state index in [1.807, 2.05) is 5.38 Å². The van der Waals surface area contributed by atoms with Gasteiger partial charge in [-0.25, -0.2) is 0 Å². The summed E-state index contributed by atoms with van der Waals surface area (Å²) in [5.41, 5.74) is 0.774. The van der Waals surface area contributed by atoms with Crippen molar-refractivity contribution in [1.29, 1.82) is 0 Å². The molecule has 1 amide bonds. The molecule has 1 aliphatic carbocycles. The van der Waals surface area contributed by atoms with Crippen molar-refractivity contribution in [2.24, 2.45) is 0 Å². The fourth-order valence-corrected chi connectivity index (χ4v) is 5.10. The lowest BCUT2D eigenvalue weighted by atomic mass is 9.92. The Kier molecular flexibility index (Phi) is 3.90. The zero-order valence-electron chi connectivity index (χ0n) is 13.0. The fourth-order valence-electron chi connectivity index (χ4n) is 4.66. The second-order valence-corrected chi connectivity index (χ2v) is 7.60. The first-order valence-corrected chi connectivity index (χ1v) is 9.45. The second kappa shape index (κ2) is 5.89. The average molecular weight is 320 g/mol. The minimum Gasteiger partial charge on any atom is -0.338 e. The van der Waals surface area contributed by atoms with Crippen LogP contribution in [0.5, 0.6) is 0 Å². The van der Waals surface area contributed by atoms with Crippen LogP contribution in [0, 0.1) is 0 Å². The molecule has 3 heterocycles. The van der Waals surface area contributed by atoms with Crippen LogP contribution in [0.15, 0.2) is 5.38 Å². The molecule has 0 radical (unpaired) electrons. The minimum atomic E-state index is -0.235. The van der Waals surface area contributed by atoms with Crippen molar-refractivity contribution < 1.29 is 4.79 Å². The van der Waals surface area contributed by atoms with Gasteiger partial charge in [0.2, 0.25) is 5.91 Å². The SMILES string of the molecule is O=C1N(C2CCCCC2)CCC12CCCN2Cc1csnn1. The Bertz CT molecular complexity index is 528. The van der Waals surface area contributed by atoms with Crippen LogP contribution in [0.2, 0.25) is 0 Å². The summed E-state index contributed by atoms with van der Waals surface area (Å²) in [5.74, 6) is 0.403. The molecule has 22 heavy (non-hydrogen) atoms. The second-order valence-electron chi connectivity index (χ2n) is 6.99. The summed E-state index contributed by atoms with van der Waals surface area (Å²) in [7, 11) is 0. The highest BCUT2D eigenvalue weighted by Crippen LogP contribution is 2.41. The molecule has 1 atom stereocenters. The summed E-state index contributed by atoms with van der Waals surface area (Å²) in [6.07, 6.45) is 9.47. The van der Waals surface area contributed by atoms with Gasteiger partial charge in [0.15, 0.2) is 0 Å². The maximum absolute atomic E-state index is 13.2. The highest BCUT2D eigenvalue weighted by Gasteiger charge is 2.54. The molecule has 1 spiro atoms. The molecular formula is C16H24N4OS. The quantitative estimate of drug-likeness (QED) is 0.858. The zero-order chi connectivity index (χ0) is 15.0. The van der Waals surface area contributed by atoms with Crippen molar-refractivity contribution in [2.75, 3.05) is 13.1 Å². The summed E-state index contributed by atoms with van der Waals surface area (Å²) in [4.78, 5) is 17.8. The van der Waals surface area contributed by atoms with Crippen LogP contribution in [0.1, 0.15) is 57.1 Å². The lowest BCUT2D eigenvalue weighted by molar-refractivity contribution is -0.139. The number of aromatic nitrogens is 2. The van der Waals surface area contributed by atoms with E-state index in [4.69, 9.17) is 0 Å². The molecule has 1 aromatic heterocycles. The van der Waals surface area contributed by atoms with Crippen molar-refractivity contribution in [2.45, 2.75) is 69.5 Å². The molecule has 0 bridgehead atoms. The molecule has 4 rings (SSSR count). The predicted octanol–water partition coefficient (Wildman–Crippen LogP) is 2.44. The van der Waals surface area contributed by atoms with Gasteiger partial charge in [-0.3, -0.25) is 9.69 Å². The minimum absolute atomic E-state index is 0.235. The first-order valence-electron chi connectivity index (χ1n) is 8.62. The van der Waals surface area contributed by atoms with E-state index in [1.165, 1.54) is 43.6 Å².